The van der Waals surface area contributed by atoms with Gasteiger partial charge in [0.25, 0.3) is 0 Å². The van der Waals surface area contributed by atoms with Crippen molar-refractivity contribution in [1.82, 2.24) is 4.67 Å². The minimum absolute atomic E-state index is 0.333. The molecule has 94 valence electrons. The molecule has 0 aromatic heterocycles. The molecular formula is C13H20NO2P. The predicted molar refractivity (Wildman–Crippen MR) is 72.3 cm³/mol. The van der Waals surface area contributed by atoms with Gasteiger partial charge in [0.2, 0.25) is 0 Å². The van der Waals surface area contributed by atoms with E-state index >= 15 is 0 Å². The summed E-state index contributed by atoms with van der Waals surface area (Å²) in [5, 5.41) is 0. The summed E-state index contributed by atoms with van der Waals surface area (Å²) < 4.78 is 13.4. The van der Waals surface area contributed by atoms with Crippen molar-refractivity contribution in [2.45, 2.75) is 25.5 Å². The van der Waals surface area contributed by atoms with Crippen molar-refractivity contribution >= 4 is 9.39 Å². The van der Waals surface area contributed by atoms with Gasteiger partial charge in [-0.3, -0.25) is 4.67 Å². The van der Waals surface area contributed by atoms with E-state index < -0.39 is 0 Å². The van der Waals surface area contributed by atoms with Crippen LogP contribution in [-0.4, -0.2) is 37.1 Å². The highest BCUT2D eigenvalue weighted by molar-refractivity contribution is 7.13. The second-order valence-electron chi connectivity index (χ2n) is 4.57. The van der Waals surface area contributed by atoms with Crippen molar-refractivity contribution < 1.29 is 9.47 Å². The largest absolute Gasteiger partial charge is 0.492 e. The summed E-state index contributed by atoms with van der Waals surface area (Å²) in [6.45, 7) is 3.75. The van der Waals surface area contributed by atoms with E-state index in [1.165, 1.54) is 5.56 Å². The van der Waals surface area contributed by atoms with Gasteiger partial charge in [0.15, 0.2) is 0 Å². The molecule has 17 heavy (non-hydrogen) atoms. The van der Waals surface area contributed by atoms with E-state index in [9.17, 15) is 0 Å². The summed E-state index contributed by atoms with van der Waals surface area (Å²) >= 11 is 0. The topological polar surface area (TPSA) is 21.7 Å². The summed E-state index contributed by atoms with van der Waals surface area (Å²) in [7, 11) is 4.53. The summed E-state index contributed by atoms with van der Waals surface area (Å²) in [5.41, 5.74) is 1.25. The molecule has 4 heteroatoms. The molecule has 0 saturated carbocycles. The van der Waals surface area contributed by atoms with Gasteiger partial charge in [-0.15, -0.1) is 0 Å². The Morgan fingerprint density at radius 2 is 2.06 bits per heavy atom. The fourth-order valence-corrected chi connectivity index (χ4v) is 2.50. The van der Waals surface area contributed by atoms with E-state index in [2.05, 4.69) is 33.1 Å². The lowest BCUT2D eigenvalue weighted by Gasteiger charge is -2.18. The van der Waals surface area contributed by atoms with Crippen LogP contribution in [0.1, 0.15) is 12.0 Å². The zero-order chi connectivity index (χ0) is 12.3. The van der Waals surface area contributed by atoms with Crippen LogP contribution >= 0.6 is 9.39 Å². The van der Waals surface area contributed by atoms with Crippen LogP contribution < -0.4 is 4.74 Å². The van der Waals surface area contributed by atoms with Crippen molar-refractivity contribution in [1.29, 1.82) is 0 Å². The van der Waals surface area contributed by atoms with Crippen LogP contribution in [0.25, 0.3) is 0 Å². The SMILES string of the molecule is CO[C@@H]1C[C@@H](COc2ccc(C)cc2)N(P)C1. The fourth-order valence-electron chi connectivity index (χ4n) is 2.06. The highest BCUT2D eigenvalue weighted by Gasteiger charge is 2.29. The first kappa shape index (κ1) is 12.8. The normalized spacial score (nSPS) is 25.1. The number of methoxy groups -OCH3 is 1. The first-order chi connectivity index (χ1) is 8.19. The number of hydrogen-bond acceptors (Lipinski definition) is 3. The third kappa shape index (κ3) is 3.41. The van der Waals surface area contributed by atoms with Crippen LogP contribution in [0.4, 0.5) is 0 Å². The second-order valence-corrected chi connectivity index (χ2v) is 5.23. The minimum atomic E-state index is 0.333. The maximum Gasteiger partial charge on any atom is 0.119 e. The van der Waals surface area contributed by atoms with E-state index in [0.717, 1.165) is 18.7 Å². The van der Waals surface area contributed by atoms with Crippen molar-refractivity contribution in [3.63, 3.8) is 0 Å². The average molecular weight is 253 g/mol. The van der Waals surface area contributed by atoms with Crippen LogP contribution in [0, 0.1) is 6.92 Å². The Morgan fingerprint density at radius 3 is 2.65 bits per heavy atom. The lowest BCUT2D eigenvalue weighted by Crippen LogP contribution is -2.26. The monoisotopic (exact) mass is 253 g/mol. The molecule has 0 radical (unpaired) electrons. The van der Waals surface area contributed by atoms with Crippen LogP contribution in [0.3, 0.4) is 0 Å². The molecule has 1 saturated heterocycles. The standard InChI is InChI=1S/C13H20NO2P/c1-10-3-5-12(6-4-10)16-9-11-7-13(15-2)8-14(11)17/h3-6,11,13H,7-9,17H2,1-2H3/t11-,13+/m0/s1. The summed E-state index contributed by atoms with van der Waals surface area (Å²) in [6, 6.07) is 8.60. The molecular weight excluding hydrogens is 233 g/mol. The maximum atomic E-state index is 5.80. The Kier molecular flexibility index (Phi) is 4.38. The van der Waals surface area contributed by atoms with E-state index in [4.69, 9.17) is 9.47 Å². The molecule has 1 heterocycles. The van der Waals surface area contributed by atoms with Gasteiger partial charge in [-0.05, 0) is 25.5 Å². The molecule has 0 aliphatic carbocycles. The quantitative estimate of drug-likeness (QED) is 0.768. The van der Waals surface area contributed by atoms with Gasteiger partial charge < -0.3 is 9.47 Å². The van der Waals surface area contributed by atoms with E-state index in [0.29, 0.717) is 18.8 Å². The average Bonchev–Trinajstić information content (AvgIpc) is 2.69. The first-order valence-electron chi connectivity index (χ1n) is 5.92. The van der Waals surface area contributed by atoms with Crippen LogP contribution in [0.5, 0.6) is 5.75 Å². The molecule has 1 fully saturated rings. The number of rotatable bonds is 4. The molecule has 3 atom stereocenters. The molecule has 0 N–H and O–H groups in total. The lowest BCUT2D eigenvalue weighted by molar-refractivity contribution is 0.113. The number of aryl methyl sites for hydroxylation is 1. The lowest BCUT2D eigenvalue weighted by atomic mass is 10.2. The van der Waals surface area contributed by atoms with Crippen molar-refractivity contribution in [3.8, 4) is 5.75 Å². The molecule has 2 rings (SSSR count). The van der Waals surface area contributed by atoms with Gasteiger partial charge in [-0.25, -0.2) is 0 Å². The fraction of sp³-hybridized carbons (Fsp3) is 0.538. The van der Waals surface area contributed by atoms with Gasteiger partial charge in [0.1, 0.15) is 12.4 Å². The third-order valence-electron chi connectivity index (χ3n) is 3.22. The predicted octanol–water partition coefficient (Wildman–Crippen LogP) is 2.25. The second kappa shape index (κ2) is 5.81. The smallest absolute Gasteiger partial charge is 0.119 e. The number of hydrogen-bond donors (Lipinski definition) is 0. The Morgan fingerprint density at radius 1 is 1.35 bits per heavy atom. The Labute approximate surface area is 105 Å². The van der Waals surface area contributed by atoms with E-state index in [1.54, 1.807) is 7.11 Å². The zero-order valence-electron chi connectivity index (χ0n) is 10.4. The highest BCUT2D eigenvalue weighted by atomic mass is 31.0. The Hall–Kier alpha value is -0.630. The highest BCUT2D eigenvalue weighted by Crippen LogP contribution is 2.24. The van der Waals surface area contributed by atoms with Crippen molar-refractivity contribution in [2.24, 2.45) is 0 Å². The summed E-state index contributed by atoms with van der Waals surface area (Å²) in [4.78, 5) is 0. The van der Waals surface area contributed by atoms with Gasteiger partial charge >= 0.3 is 0 Å². The number of nitrogens with zero attached hydrogens (tertiary/aromatic N) is 1. The summed E-state index contributed by atoms with van der Waals surface area (Å²) in [6.07, 6.45) is 1.37. The van der Waals surface area contributed by atoms with Gasteiger partial charge in [-0.2, -0.15) is 0 Å². The molecule has 1 unspecified atom stereocenters. The molecule has 0 spiro atoms. The van der Waals surface area contributed by atoms with Crippen molar-refractivity contribution in [3.05, 3.63) is 29.8 Å². The first-order valence-corrected chi connectivity index (χ1v) is 6.44. The molecule has 1 aromatic carbocycles. The molecule has 0 bridgehead atoms. The van der Waals surface area contributed by atoms with Gasteiger partial charge in [-0.1, -0.05) is 27.1 Å². The maximum absolute atomic E-state index is 5.80. The molecule has 1 aliphatic rings. The number of ether oxygens (including phenoxy) is 2. The molecule has 1 aromatic rings. The van der Waals surface area contributed by atoms with Gasteiger partial charge in [0, 0.05) is 19.7 Å². The van der Waals surface area contributed by atoms with Gasteiger partial charge in [0.05, 0.1) is 6.10 Å². The minimum Gasteiger partial charge on any atom is -0.492 e. The van der Waals surface area contributed by atoms with Crippen LogP contribution in [-0.2, 0) is 4.74 Å². The molecule has 3 nitrogen and oxygen atoms in total. The third-order valence-corrected chi connectivity index (χ3v) is 3.85. The summed E-state index contributed by atoms with van der Waals surface area (Å²) in [5.74, 6) is 0.940. The van der Waals surface area contributed by atoms with E-state index in [1.807, 2.05) is 12.1 Å². The Bertz CT molecular complexity index is 355. The Balaban J connectivity index is 1.84. The zero-order valence-corrected chi connectivity index (χ0v) is 11.6. The number of benzene rings is 1. The van der Waals surface area contributed by atoms with E-state index in [-0.39, 0.29) is 0 Å². The van der Waals surface area contributed by atoms with Crippen LogP contribution in [0.2, 0.25) is 0 Å². The van der Waals surface area contributed by atoms with Crippen molar-refractivity contribution in [2.75, 3.05) is 20.3 Å². The van der Waals surface area contributed by atoms with Crippen LogP contribution in [0.15, 0.2) is 24.3 Å². The molecule has 0 amide bonds. The molecule has 1 aliphatic heterocycles.